The Morgan fingerprint density at radius 3 is 2.58 bits per heavy atom. The minimum Gasteiger partial charge on any atom is -0.496 e. The van der Waals surface area contributed by atoms with Crippen LogP contribution in [0.5, 0.6) is 5.75 Å². The van der Waals surface area contributed by atoms with Crippen molar-refractivity contribution in [1.29, 1.82) is 0 Å². The van der Waals surface area contributed by atoms with Crippen LogP contribution in [0.15, 0.2) is 41.1 Å². The van der Waals surface area contributed by atoms with E-state index in [1.165, 1.54) is 31.0 Å². The lowest BCUT2D eigenvalue weighted by atomic mass is 10.1. The fraction of sp³-hybridized carbons (Fsp3) is 0.158. The first-order valence-electron chi connectivity index (χ1n) is 8.67. The van der Waals surface area contributed by atoms with Crippen molar-refractivity contribution in [2.24, 2.45) is 0 Å². The number of nitrogens with zero attached hydrogens (tertiary/aromatic N) is 4. The Kier molecular flexibility index (Phi) is 4.76. The Morgan fingerprint density at radius 1 is 1.13 bits per heavy atom. The molecule has 0 amide bonds. The number of halogens is 3. The molecule has 0 atom stereocenters. The molecule has 1 aromatic carbocycles. The number of pyridine rings is 1. The third-order valence-corrected chi connectivity index (χ3v) is 4.46. The van der Waals surface area contributed by atoms with E-state index in [-0.39, 0.29) is 28.6 Å². The van der Waals surface area contributed by atoms with Crippen LogP contribution in [0.1, 0.15) is 15.9 Å². The maximum atomic E-state index is 13.1. The molecule has 0 fully saturated rings. The summed E-state index contributed by atoms with van der Waals surface area (Å²) in [5, 5.41) is 4.21. The molecule has 0 saturated heterocycles. The van der Waals surface area contributed by atoms with Crippen molar-refractivity contribution >= 4 is 17.6 Å². The third kappa shape index (κ3) is 3.52. The fourth-order valence-corrected chi connectivity index (χ4v) is 2.95. The molecule has 160 valence electrons. The van der Waals surface area contributed by atoms with Crippen molar-refractivity contribution in [3.05, 3.63) is 47.8 Å². The molecule has 0 radical (unpaired) electrons. The number of hydrogen-bond donors (Lipinski definition) is 1. The zero-order chi connectivity index (χ0) is 22.3. The number of ether oxygens (including phenoxy) is 2. The number of nitrogens with two attached hydrogens (primary N) is 1. The van der Waals surface area contributed by atoms with Crippen LogP contribution in [0.2, 0.25) is 0 Å². The highest BCUT2D eigenvalue weighted by atomic mass is 19.4. The number of anilines is 1. The third-order valence-electron chi connectivity index (χ3n) is 4.46. The van der Waals surface area contributed by atoms with E-state index in [1.54, 1.807) is 12.1 Å². The van der Waals surface area contributed by atoms with Gasteiger partial charge in [0.05, 0.1) is 37.2 Å². The highest BCUT2D eigenvalue weighted by molar-refractivity contribution is 5.93. The van der Waals surface area contributed by atoms with Gasteiger partial charge in [-0.2, -0.15) is 17.7 Å². The summed E-state index contributed by atoms with van der Waals surface area (Å²) in [6.45, 7) is 0. The number of alkyl halides is 3. The van der Waals surface area contributed by atoms with Gasteiger partial charge >= 0.3 is 18.0 Å². The van der Waals surface area contributed by atoms with E-state index < -0.39 is 23.5 Å². The van der Waals surface area contributed by atoms with Crippen molar-refractivity contribution < 1.29 is 31.9 Å². The minimum atomic E-state index is -4.68. The predicted octanol–water partition coefficient (Wildman–Crippen LogP) is 3.45. The molecule has 0 saturated carbocycles. The minimum absolute atomic E-state index is 0.0170. The monoisotopic (exact) mass is 433 g/mol. The van der Waals surface area contributed by atoms with E-state index in [0.29, 0.717) is 11.3 Å². The summed E-state index contributed by atoms with van der Waals surface area (Å²) in [5.41, 5.74) is 5.48. The first kappa shape index (κ1) is 20.2. The molecule has 0 aliphatic carbocycles. The predicted molar refractivity (Wildman–Crippen MR) is 101 cm³/mol. The van der Waals surface area contributed by atoms with Gasteiger partial charge in [0.25, 0.3) is 0 Å². The largest absolute Gasteiger partial charge is 0.496 e. The van der Waals surface area contributed by atoms with Crippen LogP contribution in [0.25, 0.3) is 28.6 Å². The molecule has 2 N–H and O–H groups in total. The van der Waals surface area contributed by atoms with Crippen LogP contribution in [-0.4, -0.2) is 39.8 Å². The zero-order valence-electron chi connectivity index (χ0n) is 16.1. The SMILES string of the molecule is COC(=O)c1ccc(-c2cnc3oc(-c4cnc(N)c(C(F)(F)F)c4)nn23)cc1OC. The van der Waals surface area contributed by atoms with Gasteiger partial charge in [-0.25, -0.2) is 14.8 Å². The number of carbonyl (C=O) groups is 1. The highest BCUT2D eigenvalue weighted by Crippen LogP contribution is 2.35. The second-order valence-electron chi connectivity index (χ2n) is 6.31. The molecule has 3 aromatic heterocycles. The van der Waals surface area contributed by atoms with E-state index in [2.05, 4.69) is 15.1 Å². The van der Waals surface area contributed by atoms with Crippen LogP contribution in [0.3, 0.4) is 0 Å². The van der Waals surface area contributed by atoms with Gasteiger partial charge in [-0.05, 0) is 18.2 Å². The summed E-state index contributed by atoms with van der Waals surface area (Å²) < 4.78 is 56.1. The van der Waals surface area contributed by atoms with E-state index >= 15 is 0 Å². The standard InChI is InChI=1S/C19H14F3N5O4/c1-29-14-6-9(3-4-11(14)17(28)30-2)13-8-25-18-27(13)26-16(31-18)10-5-12(19(20,21)22)15(23)24-7-10/h3-8H,1-2H3,(H2,23,24). The Hall–Kier alpha value is -4.09. The quantitative estimate of drug-likeness (QED) is 0.486. The van der Waals surface area contributed by atoms with E-state index in [4.69, 9.17) is 19.6 Å². The average molecular weight is 433 g/mol. The summed E-state index contributed by atoms with van der Waals surface area (Å²) in [7, 11) is 2.65. The topological polar surface area (TPSA) is 118 Å². The molecule has 9 nitrogen and oxygen atoms in total. The van der Waals surface area contributed by atoms with Gasteiger partial charge in [0, 0.05) is 11.8 Å². The second-order valence-corrected chi connectivity index (χ2v) is 6.31. The molecule has 0 spiro atoms. The number of esters is 1. The first-order chi connectivity index (χ1) is 14.7. The van der Waals surface area contributed by atoms with Gasteiger partial charge in [-0.15, -0.1) is 5.10 Å². The number of rotatable bonds is 4. The van der Waals surface area contributed by atoms with Crippen LogP contribution in [-0.2, 0) is 10.9 Å². The lowest BCUT2D eigenvalue weighted by molar-refractivity contribution is -0.137. The highest BCUT2D eigenvalue weighted by Gasteiger charge is 2.34. The van der Waals surface area contributed by atoms with Crippen LogP contribution >= 0.6 is 0 Å². The van der Waals surface area contributed by atoms with Crippen molar-refractivity contribution in [2.75, 3.05) is 20.0 Å². The van der Waals surface area contributed by atoms with Crippen LogP contribution in [0.4, 0.5) is 19.0 Å². The lowest BCUT2D eigenvalue weighted by Gasteiger charge is -2.09. The molecule has 0 bridgehead atoms. The Labute approximate surface area is 172 Å². The second kappa shape index (κ2) is 7.31. The summed E-state index contributed by atoms with van der Waals surface area (Å²) in [5.74, 6) is -1.03. The Bertz CT molecular complexity index is 1300. The summed E-state index contributed by atoms with van der Waals surface area (Å²) in [6, 6.07) is 5.52. The van der Waals surface area contributed by atoms with E-state index in [9.17, 15) is 18.0 Å². The molecular weight excluding hydrogens is 419 g/mol. The lowest BCUT2D eigenvalue weighted by Crippen LogP contribution is -2.10. The van der Waals surface area contributed by atoms with Crippen molar-refractivity contribution in [1.82, 2.24) is 19.6 Å². The number of nitrogen functional groups attached to an aromatic ring is 1. The van der Waals surface area contributed by atoms with E-state index in [1.807, 2.05) is 0 Å². The summed E-state index contributed by atoms with van der Waals surface area (Å²) in [6.07, 6.45) is -2.09. The number of methoxy groups -OCH3 is 2. The maximum absolute atomic E-state index is 13.1. The molecule has 4 aromatic rings. The van der Waals surface area contributed by atoms with E-state index in [0.717, 1.165) is 12.3 Å². The molecule has 0 unspecified atom stereocenters. The Morgan fingerprint density at radius 2 is 1.90 bits per heavy atom. The van der Waals surface area contributed by atoms with Gasteiger partial charge < -0.3 is 19.6 Å². The molecule has 3 heterocycles. The zero-order valence-corrected chi connectivity index (χ0v) is 16.1. The normalized spacial score (nSPS) is 11.6. The Balaban J connectivity index is 1.78. The van der Waals surface area contributed by atoms with Gasteiger partial charge in [0.2, 0.25) is 5.89 Å². The molecule has 31 heavy (non-hydrogen) atoms. The van der Waals surface area contributed by atoms with Gasteiger partial charge in [0.15, 0.2) is 0 Å². The van der Waals surface area contributed by atoms with Crippen LogP contribution in [0, 0.1) is 0 Å². The van der Waals surface area contributed by atoms with Crippen molar-refractivity contribution in [3.63, 3.8) is 0 Å². The molecular formula is C19H14F3N5O4. The number of fused-ring (bicyclic) bond motifs is 1. The summed E-state index contributed by atoms with van der Waals surface area (Å²) >= 11 is 0. The van der Waals surface area contributed by atoms with Gasteiger partial charge in [-0.3, -0.25) is 0 Å². The molecule has 0 aliphatic heterocycles. The maximum Gasteiger partial charge on any atom is 0.419 e. The number of benzene rings is 1. The number of imidazole rings is 1. The smallest absolute Gasteiger partial charge is 0.419 e. The summed E-state index contributed by atoms with van der Waals surface area (Å²) in [4.78, 5) is 19.5. The van der Waals surface area contributed by atoms with Gasteiger partial charge in [0.1, 0.15) is 17.1 Å². The molecule has 12 heteroatoms. The number of aromatic nitrogens is 4. The molecule has 0 aliphatic rings. The number of carbonyl (C=O) groups excluding carboxylic acids is 1. The number of hydrogen-bond acceptors (Lipinski definition) is 8. The molecule has 4 rings (SSSR count). The van der Waals surface area contributed by atoms with Crippen LogP contribution < -0.4 is 10.5 Å². The van der Waals surface area contributed by atoms with Gasteiger partial charge in [-0.1, -0.05) is 6.07 Å². The fourth-order valence-electron chi connectivity index (χ4n) is 2.95. The first-order valence-corrected chi connectivity index (χ1v) is 8.67. The van der Waals surface area contributed by atoms with Crippen molar-refractivity contribution in [3.8, 4) is 28.5 Å². The van der Waals surface area contributed by atoms with Crippen molar-refractivity contribution in [2.45, 2.75) is 6.18 Å². The average Bonchev–Trinajstić information content (AvgIpc) is 3.33.